The van der Waals surface area contributed by atoms with Crippen LogP contribution in [0.15, 0.2) is 47.6 Å². The van der Waals surface area contributed by atoms with Gasteiger partial charge in [0, 0.05) is 49.2 Å². The van der Waals surface area contributed by atoms with Crippen LogP contribution in [0.4, 0.5) is 15.8 Å². The van der Waals surface area contributed by atoms with Crippen molar-refractivity contribution in [3.63, 3.8) is 0 Å². The molecule has 0 unspecified atom stereocenters. The smallest absolute Gasteiger partial charge is 0.274 e. The fourth-order valence-corrected chi connectivity index (χ4v) is 3.67. The number of hydrogen-bond acceptors (Lipinski definition) is 7. The Morgan fingerprint density at radius 2 is 2.06 bits per heavy atom. The van der Waals surface area contributed by atoms with Crippen LogP contribution in [-0.2, 0) is 0 Å². The molecule has 0 bridgehead atoms. The summed E-state index contributed by atoms with van der Waals surface area (Å²) in [5.74, 6) is -0.626. The van der Waals surface area contributed by atoms with Gasteiger partial charge in [-0.05, 0) is 31.2 Å². The molecule has 4 heterocycles. The third-order valence-electron chi connectivity index (χ3n) is 5.42. The number of aromatic nitrogens is 4. The third-order valence-corrected chi connectivity index (χ3v) is 5.42. The summed E-state index contributed by atoms with van der Waals surface area (Å²) in [6.07, 6.45) is 4.59. The largest absolute Gasteiger partial charge is 0.368 e. The predicted molar refractivity (Wildman–Crippen MR) is 113 cm³/mol. The monoisotopic (exact) mass is 421 g/mol. The maximum Gasteiger partial charge on any atom is 0.274 e. The van der Waals surface area contributed by atoms with Crippen LogP contribution in [0.5, 0.6) is 0 Å². The number of halogens is 1. The molecule has 1 saturated heterocycles. The minimum atomic E-state index is -0.475. The van der Waals surface area contributed by atoms with Crippen LogP contribution >= 0.6 is 0 Å². The van der Waals surface area contributed by atoms with E-state index in [-0.39, 0.29) is 5.82 Å². The van der Waals surface area contributed by atoms with Crippen LogP contribution < -0.4 is 15.5 Å². The van der Waals surface area contributed by atoms with Gasteiger partial charge in [0.2, 0.25) is 12.2 Å². The van der Waals surface area contributed by atoms with Gasteiger partial charge >= 0.3 is 0 Å². The lowest BCUT2D eigenvalue weighted by molar-refractivity contribution is 0.102. The summed E-state index contributed by atoms with van der Waals surface area (Å²) in [6, 6.07) is 6.82. The molecule has 5 rings (SSSR count). The summed E-state index contributed by atoms with van der Waals surface area (Å²) >= 11 is 0. The molecule has 1 aliphatic rings. The topological polar surface area (TPSA) is 101 Å². The first kappa shape index (κ1) is 19.2. The van der Waals surface area contributed by atoms with Crippen LogP contribution in [0.2, 0.25) is 0 Å². The second-order valence-corrected chi connectivity index (χ2v) is 7.34. The van der Waals surface area contributed by atoms with E-state index < -0.39 is 11.7 Å². The highest BCUT2D eigenvalue weighted by molar-refractivity contribution is 6.04. The van der Waals surface area contributed by atoms with Gasteiger partial charge in [-0.1, -0.05) is 5.16 Å². The maximum atomic E-state index is 14.5. The Kier molecular flexibility index (Phi) is 4.83. The zero-order valence-electron chi connectivity index (χ0n) is 16.8. The van der Waals surface area contributed by atoms with Crippen molar-refractivity contribution < 1.29 is 13.7 Å². The van der Waals surface area contributed by atoms with Gasteiger partial charge in [-0.3, -0.25) is 9.20 Å². The van der Waals surface area contributed by atoms with Gasteiger partial charge in [0.1, 0.15) is 17.2 Å². The van der Waals surface area contributed by atoms with Crippen LogP contribution in [0, 0.1) is 12.7 Å². The van der Waals surface area contributed by atoms with Crippen LogP contribution in [0.3, 0.4) is 0 Å². The van der Waals surface area contributed by atoms with Gasteiger partial charge in [0.05, 0.1) is 11.9 Å². The van der Waals surface area contributed by atoms with Crippen LogP contribution in [0.1, 0.15) is 16.1 Å². The molecule has 0 radical (unpaired) electrons. The Balaban J connectivity index is 1.47. The van der Waals surface area contributed by atoms with E-state index >= 15 is 0 Å². The first-order valence-corrected chi connectivity index (χ1v) is 9.91. The van der Waals surface area contributed by atoms with Gasteiger partial charge < -0.3 is 20.1 Å². The number of carbonyl (C=O) groups is 1. The molecule has 31 heavy (non-hydrogen) atoms. The molecule has 10 heteroatoms. The molecule has 0 aliphatic carbocycles. The van der Waals surface area contributed by atoms with Crippen molar-refractivity contribution in [2.24, 2.45) is 0 Å². The standard InChI is InChI=1S/C21H20FN7O2/c1-13-16(22)8-14(20-25-12-31-27-20)9-17(13)26-21(30)18-10-24-19-3-2-15(11-29(18)19)28-6-4-23-5-7-28/h2-3,8-12,23H,4-7H2,1H3,(H,26,30). The zero-order valence-corrected chi connectivity index (χ0v) is 16.8. The number of rotatable bonds is 4. The molecule has 4 aromatic rings. The van der Waals surface area contributed by atoms with E-state index in [9.17, 15) is 9.18 Å². The summed E-state index contributed by atoms with van der Waals surface area (Å²) in [7, 11) is 0. The van der Waals surface area contributed by atoms with E-state index in [0.29, 0.717) is 28.2 Å². The second kappa shape index (κ2) is 7.80. The molecule has 1 fully saturated rings. The highest BCUT2D eigenvalue weighted by Gasteiger charge is 2.18. The second-order valence-electron chi connectivity index (χ2n) is 7.34. The van der Waals surface area contributed by atoms with Gasteiger partial charge in [-0.2, -0.15) is 4.98 Å². The molecular formula is C21H20FN7O2. The summed E-state index contributed by atoms with van der Waals surface area (Å²) < 4.78 is 21.0. The molecular weight excluding hydrogens is 401 g/mol. The Labute approximate surface area is 176 Å². The fourth-order valence-electron chi connectivity index (χ4n) is 3.67. The first-order chi connectivity index (χ1) is 15.1. The molecule has 1 aromatic carbocycles. The summed E-state index contributed by atoms with van der Waals surface area (Å²) in [5.41, 5.74) is 3.09. The first-order valence-electron chi connectivity index (χ1n) is 9.91. The van der Waals surface area contributed by atoms with Gasteiger partial charge in [0.15, 0.2) is 0 Å². The maximum absolute atomic E-state index is 14.5. The number of piperazine rings is 1. The third kappa shape index (κ3) is 3.61. The molecule has 158 valence electrons. The van der Waals surface area contributed by atoms with Crippen LogP contribution in [-0.4, -0.2) is 51.6 Å². The average molecular weight is 421 g/mol. The Bertz CT molecular complexity index is 1250. The number of anilines is 2. The lowest BCUT2D eigenvalue weighted by Gasteiger charge is -2.29. The van der Waals surface area contributed by atoms with Crippen molar-refractivity contribution in [3.8, 4) is 11.4 Å². The summed E-state index contributed by atoms with van der Waals surface area (Å²) in [4.78, 5) is 23.6. The summed E-state index contributed by atoms with van der Waals surface area (Å²) in [5, 5.41) is 9.86. The predicted octanol–water partition coefficient (Wildman–Crippen LogP) is 2.49. The molecule has 0 saturated carbocycles. The SMILES string of the molecule is Cc1c(F)cc(-c2ncon2)cc1NC(=O)c1cnc2ccc(N3CCNCC3)cn12. The molecule has 3 aromatic heterocycles. The molecule has 0 atom stereocenters. The number of benzene rings is 1. The van der Waals surface area contributed by atoms with Crippen molar-refractivity contribution >= 4 is 22.9 Å². The van der Waals surface area contributed by atoms with Crippen molar-refractivity contribution in [1.29, 1.82) is 0 Å². The molecule has 2 N–H and O–H groups in total. The number of amides is 1. The highest BCUT2D eigenvalue weighted by Crippen LogP contribution is 2.27. The normalized spacial score (nSPS) is 14.2. The molecule has 1 amide bonds. The average Bonchev–Trinajstić information content (AvgIpc) is 3.47. The zero-order chi connectivity index (χ0) is 21.4. The fraction of sp³-hybridized carbons (Fsp3) is 0.238. The number of carbonyl (C=O) groups excluding carboxylic acids is 1. The van der Waals surface area contributed by atoms with Crippen molar-refractivity contribution in [1.82, 2.24) is 24.8 Å². The van der Waals surface area contributed by atoms with E-state index in [2.05, 4.69) is 30.7 Å². The molecule has 0 spiro atoms. The number of pyridine rings is 1. The van der Waals surface area contributed by atoms with Crippen LogP contribution in [0.25, 0.3) is 17.0 Å². The van der Waals surface area contributed by atoms with E-state index in [0.717, 1.165) is 31.9 Å². The number of fused-ring (bicyclic) bond motifs is 1. The number of hydrogen-bond donors (Lipinski definition) is 2. The van der Waals surface area contributed by atoms with E-state index in [1.54, 1.807) is 17.4 Å². The number of imidazole rings is 1. The Morgan fingerprint density at radius 1 is 1.23 bits per heavy atom. The quantitative estimate of drug-likeness (QED) is 0.522. The molecule has 1 aliphatic heterocycles. The van der Waals surface area contributed by atoms with E-state index in [1.807, 2.05) is 18.3 Å². The molecule has 9 nitrogen and oxygen atoms in total. The lowest BCUT2D eigenvalue weighted by atomic mass is 10.1. The van der Waals surface area contributed by atoms with Crippen molar-refractivity contribution in [3.05, 3.63) is 60.1 Å². The van der Waals surface area contributed by atoms with E-state index in [4.69, 9.17) is 4.52 Å². The Morgan fingerprint density at radius 3 is 2.84 bits per heavy atom. The van der Waals surface area contributed by atoms with Crippen molar-refractivity contribution in [2.75, 3.05) is 36.4 Å². The Hall–Kier alpha value is -3.79. The van der Waals surface area contributed by atoms with E-state index in [1.165, 1.54) is 18.7 Å². The lowest BCUT2D eigenvalue weighted by Crippen LogP contribution is -2.43. The minimum absolute atomic E-state index is 0.241. The van der Waals surface area contributed by atoms with Gasteiger partial charge in [-0.25, -0.2) is 9.37 Å². The minimum Gasteiger partial charge on any atom is -0.368 e. The van der Waals surface area contributed by atoms with Gasteiger partial charge in [-0.15, -0.1) is 0 Å². The highest BCUT2D eigenvalue weighted by atomic mass is 19.1. The van der Waals surface area contributed by atoms with Crippen molar-refractivity contribution in [2.45, 2.75) is 6.92 Å². The van der Waals surface area contributed by atoms with Gasteiger partial charge in [0.25, 0.3) is 5.91 Å². The summed E-state index contributed by atoms with van der Waals surface area (Å²) in [6.45, 7) is 5.21. The number of nitrogens with zero attached hydrogens (tertiary/aromatic N) is 5. The number of nitrogens with one attached hydrogen (secondary N) is 2.